The highest BCUT2D eigenvalue weighted by Crippen LogP contribution is 2.35. The van der Waals surface area contributed by atoms with Crippen LogP contribution in [0, 0.1) is 6.92 Å². The quantitative estimate of drug-likeness (QED) is 0.491. The highest BCUT2D eigenvalue weighted by Gasteiger charge is 2.30. The first-order valence-electron chi connectivity index (χ1n) is 9.79. The summed E-state index contributed by atoms with van der Waals surface area (Å²) in [6, 6.07) is 14.4. The van der Waals surface area contributed by atoms with Crippen LogP contribution < -0.4 is 5.32 Å². The number of oxazole rings is 1. The average molecular weight is 475 g/mol. The van der Waals surface area contributed by atoms with E-state index in [-0.39, 0.29) is 21.8 Å². The molecule has 0 atom stereocenters. The molecule has 0 bridgehead atoms. The van der Waals surface area contributed by atoms with Gasteiger partial charge in [0.15, 0.2) is 0 Å². The van der Waals surface area contributed by atoms with Crippen LogP contribution in [-0.2, 0) is 9.84 Å². The molecule has 152 valence electrons. The van der Waals surface area contributed by atoms with E-state index in [1.165, 1.54) is 6.42 Å². The molecule has 5 nitrogen and oxygen atoms in total. The molecule has 1 aliphatic rings. The summed E-state index contributed by atoms with van der Waals surface area (Å²) >= 11 is 3.35. The Labute approximate surface area is 179 Å². The van der Waals surface area contributed by atoms with Crippen molar-refractivity contribution in [2.45, 2.75) is 55.0 Å². The van der Waals surface area contributed by atoms with Gasteiger partial charge in [0, 0.05) is 16.1 Å². The Bertz CT molecular complexity index is 1100. The lowest BCUT2D eigenvalue weighted by atomic mass is 9.96. The van der Waals surface area contributed by atoms with Crippen molar-refractivity contribution in [1.29, 1.82) is 0 Å². The lowest BCUT2D eigenvalue weighted by molar-refractivity contribution is 0.450. The molecule has 1 heterocycles. The van der Waals surface area contributed by atoms with E-state index < -0.39 is 9.84 Å². The van der Waals surface area contributed by atoms with Crippen molar-refractivity contribution in [1.82, 2.24) is 4.98 Å². The zero-order chi connectivity index (χ0) is 20.4. The topological polar surface area (TPSA) is 72.2 Å². The molecule has 29 heavy (non-hydrogen) atoms. The fraction of sp³-hybridized carbons (Fsp3) is 0.318. The maximum Gasteiger partial charge on any atom is 0.234 e. The smallest absolute Gasteiger partial charge is 0.234 e. The van der Waals surface area contributed by atoms with E-state index in [2.05, 4.69) is 26.2 Å². The highest BCUT2D eigenvalue weighted by molar-refractivity contribution is 9.10. The van der Waals surface area contributed by atoms with Crippen molar-refractivity contribution >= 4 is 31.7 Å². The first-order chi connectivity index (χ1) is 13.9. The fourth-order valence-corrected chi connectivity index (χ4v) is 5.19. The molecule has 1 fully saturated rings. The van der Waals surface area contributed by atoms with Crippen molar-refractivity contribution in [3.05, 3.63) is 58.6 Å². The second-order valence-electron chi connectivity index (χ2n) is 7.40. The van der Waals surface area contributed by atoms with Gasteiger partial charge >= 0.3 is 0 Å². The summed E-state index contributed by atoms with van der Waals surface area (Å²) in [6.07, 6.45) is 5.47. The summed E-state index contributed by atoms with van der Waals surface area (Å²) < 4.78 is 33.5. The van der Waals surface area contributed by atoms with Crippen LogP contribution in [0.25, 0.3) is 11.5 Å². The number of aryl methyl sites for hydroxylation is 1. The molecule has 1 saturated carbocycles. The molecule has 0 amide bonds. The van der Waals surface area contributed by atoms with E-state index >= 15 is 0 Å². The molecule has 0 aliphatic heterocycles. The fourth-order valence-electron chi connectivity index (χ4n) is 3.67. The number of hydrogen-bond donors (Lipinski definition) is 1. The number of aromatic nitrogens is 1. The number of anilines is 1. The summed E-state index contributed by atoms with van der Waals surface area (Å²) in [7, 11) is -3.83. The molecule has 0 radical (unpaired) electrons. The Morgan fingerprint density at radius 3 is 2.41 bits per heavy atom. The number of sulfone groups is 1. The van der Waals surface area contributed by atoms with Gasteiger partial charge in [-0.2, -0.15) is 4.98 Å². The molecule has 0 unspecified atom stereocenters. The lowest BCUT2D eigenvalue weighted by Crippen LogP contribution is -2.23. The van der Waals surface area contributed by atoms with E-state index in [0.29, 0.717) is 5.89 Å². The SMILES string of the molecule is Cc1ccccc1-c1nc(S(=O)(=O)c2ccc(Br)cc2)c(NC2CCCCC2)o1. The second-order valence-corrected chi connectivity index (χ2v) is 10.2. The highest BCUT2D eigenvalue weighted by atomic mass is 79.9. The molecular formula is C22H23BrN2O3S. The summed E-state index contributed by atoms with van der Waals surface area (Å²) in [4.78, 5) is 4.64. The molecule has 0 saturated heterocycles. The van der Waals surface area contributed by atoms with Crippen molar-refractivity contribution in [3.8, 4) is 11.5 Å². The van der Waals surface area contributed by atoms with Crippen molar-refractivity contribution in [2.24, 2.45) is 0 Å². The zero-order valence-electron chi connectivity index (χ0n) is 16.2. The van der Waals surface area contributed by atoms with Crippen LogP contribution in [0.15, 0.2) is 67.3 Å². The van der Waals surface area contributed by atoms with Crippen molar-refractivity contribution < 1.29 is 12.8 Å². The van der Waals surface area contributed by atoms with Crippen LogP contribution in [0.3, 0.4) is 0 Å². The maximum atomic E-state index is 13.4. The van der Waals surface area contributed by atoms with Crippen LogP contribution in [-0.4, -0.2) is 19.4 Å². The third-order valence-corrected chi connectivity index (χ3v) is 7.50. The van der Waals surface area contributed by atoms with Crippen LogP contribution >= 0.6 is 15.9 Å². The normalized spacial score (nSPS) is 15.4. The zero-order valence-corrected chi connectivity index (χ0v) is 18.6. The summed E-state index contributed by atoms with van der Waals surface area (Å²) in [5.74, 6) is 0.551. The Morgan fingerprint density at radius 1 is 1.03 bits per heavy atom. The van der Waals surface area contributed by atoms with Gasteiger partial charge in [0.2, 0.25) is 26.6 Å². The first kappa shape index (κ1) is 20.2. The number of nitrogens with one attached hydrogen (secondary N) is 1. The van der Waals surface area contributed by atoms with Gasteiger partial charge in [0.1, 0.15) is 0 Å². The van der Waals surface area contributed by atoms with E-state index in [9.17, 15) is 8.42 Å². The molecule has 1 N–H and O–H groups in total. The number of rotatable bonds is 5. The molecule has 7 heteroatoms. The number of nitrogens with zero attached hydrogens (tertiary/aromatic N) is 1. The molecular weight excluding hydrogens is 452 g/mol. The largest absolute Gasteiger partial charge is 0.419 e. The Kier molecular flexibility index (Phi) is 5.79. The van der Waals surface area contributed by atoms with Gasteiger partial charge in [-0.15, -0.1) is 0 Å². The van der Waals surface area contributed by atoms with Crippen LogP contribution in [0.4, 0.5) is 5.88 Å². The van der Waals surface area contributed by atoms with Gasteiger partial charge in [-0.3, -0.25) is 0 Å². The van der Waals surface area contributed by atoms with Crippen LogP contribution in [0.2, 0.25) is 0 Å². The molecule has 1 aromatic heterocycles. The lowest BCUT2D eigenvalue weighted by Gasteiger charge is -2.22. The van der Waals surface area contributed by atoms with E-state index in [4.69, 9.17) is 4.42 Å². The molecule has 2 aromatic carbocycles. The molecule has 1 aliphatic carbocycles. The predicted octanol–water partition coefficient (Wildman–Crippen LogP) is 5.99. The average Bonchev–Trinajstić information content (AvgIpc) is 3.14. The molecule has 4 rings (SSSR count). The number of hydrogen-bond acceptors (Lipinski definition) is 5. The Morgan fingerprint density at radius 2 is 1.72 bits per heavy atom. The van der Waals surface area contributed by atoms with Crippen LogP contribution in [0.5, 0.6) is 0 Å². The maximum absolute atomic E-state index is 13.4. The first-order valence-corrected chi connectivity index (χ1v) is 12.1. The van der Waals surface area contributed by atoms with E-state index in [1.807, 2.05) is 31.2 Å². The predicted molar refractivity (Wildman–Crippen MR) is 117 cm³/mol. The summed E-state index contributed by atoms with van der Waals surface area (Å²) in [5, 5.41) is 3.28. The van der Waals surface area contributed by atoms with Gasteiger partial charge in [-0.05, 0) is 55.7 Å². The van der Waals surface area contributed by atoms with Gasteiger partial charge in [0.05, 0.1) is 4.90 Å². The summed E-state index contributed by atoms with van der Waals surface area (Å²) in [5.41, 5.74) is 1.77. The van der Waals surface area contributed by atoms with Gasteiger partial charge < -0.3 is 9.73 Å². The van der Waals surface area contributed by atoms with E-state index in [0.717, 1.165) is 41.3 Å². The van der Waals surface area contributed by atoms with Crippen molar-refractivity contribution in [2.75, 3.05) is 5.32 Å². The number of halogens is 1. The third kappa shape index (κ3) is 4.26. The van der Waals surface area contributed by atoms with Gasteiger partial charge in [-0.1, -0.05) is 53.4 Å². The second kappa shape index (κ2) is 8.32. The summed E-state index contributed by atoms with van der Waals surface area (Å²) in [6.45, 7) is 1.96. The van der Waals surface area contributed by atoms with Crippen molar-refractivity contribution in [3.63, 3.8) is 0 Å². The standard InChI is InChI=1S/C22H23BrN2O3S/c1-15-7-5-6-10-19(15)20-25-22(21(28-20)24-17-8-3-2-4-9-17)29(26,27)18-13-11-16(23)12-14-18/h5-7,10-14,17,24H,2-4,8-9H2,1H3. The third-order valence-electron chi connectivity index (χ3n) is 5.29. The van der Waals surface area contributed by atoms with E-state index in [1.54, 1.807) is 24.3 Å². The number of benzene rings is 2. The minimum absolute atomic E-state index is 0.0522. The molecule has 3 aromatic rings. The van der Waals surface area contributed by atoms with Gasteiger partial charge in [0.25, 0.3) is 0 Å². The van der Waals surface area contributed by atoms with Gasteiger partial charge in [-0.25, -0.2) is 8.42 Å². The minimum atomic E-state index is -3.83. The Balaban J connectivity index is 1.80. The monoisotopic (exact) mass is 474 g/mol. The Hall–Kier alpha value is -2.12. The minimum Gasteiger partial charge on any atom is -0.419 e. The molecule has 0 spiro atoms. The van der Waals surface area contributed by atoms with Crippen LogP contribution in [0.1, 0.15) is 37.7 Å².